The Balaban J connectivity index is 1.51. The number of aromatic amines is 1. The number of carbonyl (C=O) groups is 1. The number of H-pyrrole nitrogens is 1. The van der Waals surface area contributed by atoms with Crippen LogP contribution in [0.1, 0.15) is 5.82 Å². The van der Waals surface area contributed by atoms with Gasteiger partial charge in [0.15, 0.2) is 12.0 Å². The average molecular weight is 355 g/mol. The van der Waals surface area contributed by atoms with E-state index in [-0.39, 0.29) is 17.9 Å². The number of carbonyl (C=O) groups excluding carboxylic acids is 1. The van der Waals surface area contributed by atoms with Crippen molar-refractivity contribution in [3.8, 4) is 0 Å². The van der Waals surface area contributed by atoms with Crippen LogP contribution in [0.4, 0.5) is 11.5 Å². The minimum absolute atomic E-state index is 0.0539. The predicted molar refractivity (Wildman–Crippen MR) is 94.2 cm³/mol. The van der Waals surface area contributed by atoms with Crippen LogP contribution in [0.25, 0.3) is 11.1 Å². The first-order valence-corrected chi connectivity index (χ1v) is 8.24. The highest BCUT2D eigenvalue weighted by atomic mass is 16.5. The average Bonchev–Trinajstić information content (AvgIpc) is 3.12. The molecule has 134 valence electrons. The van der Waals surface area contributed by atoms with E-state index in [1.807, 2.05) is 4.90 Å². The van der Waals surface area contributed by atoms with Crippen LogP contribution in [0, 0.1) is 0 Å². The summed E-state index contributed by atoms with van der Waals surface area (Å²) in [6, 6.07) is 6.71. The Kier molecular flexibility index (Phi) is 4.36. The van der Waals surface area contributed by atoms with Crippen LogP contribution in [0.15, 0.2) is 39.9 Å². The van der Waals surface area contributed by atoms with Crippen molar-refractivity contribution in [1.82, 2.24) is 15.0 Å². The lowest BCUT2D eigenvalue weighted by Crippen LogP contribution is -2.37. The van der Waals surface area contributed by atoms with Gasteiger partial charge in [0.25, 0.3) is 5.56 Å². The lowest BCUT2D eigenvalue weighted by Gasteiger charge is -2.27. The van der Waals surface area contributed by atoms with Gasteiger partial charge in [-0.1, -0.05) is 6.07 Å². The zero-order valence-corrected chi connectivity index (χ0v) is 13.9. The molecular weight excluding hydrogens is 338 g/mol. The fourth-order valence-corrected chi connectivity index (χ4v) is 2.87. The maximum atomic E-state index is 12.4. The SMILES string of the molecule is O=C(Cc1nc(N2CCOCC2)cc(=O)[nH]1)Nc1cccc2ocnc12. The maximum Gasteiger partial charge on any atom is 0.252 e. The Hall–Kier alpha value is -3.20. The third-order valence-corrected chi connectivity index (χ3v) is 4.07. The fraction of sp³-hybridized carbons (Fsp3) is 0.294. The van der Waals surface area contributed by atoms with E-state index in [0.29, 0.717) is 54.7 Å². The second kappa shape index (κ2) is 6.96. The van der Waals surface area contributed by atoms with Gasteiger partial charge in [-0.2, -0.15) is 0 Å². The van der Waals surface area contributed by atoms with E-state index in [4.69, 9.17) is 9.15 Å². The molecule has 3 heterocycles. The van der Waals surface area contributed by atoms with Crippen molar-refractivity contribution < 1.29 is 13.9 Å². The van der Waals surface area contributed by atoms with E-state index in [2.05, 4.69) is 20.3 Å². The van der Waals surface area contributed by atoms with Crippen molar-refractivity contribution >= 4 is 28.5 Å². The van der Waals surface area contributed by atoms with Crippen LogP contribution in [0.5, 0.6) is 0 Å². The molecule has 0 aliphatic carbocycles. The molecule has 1 fully saturated rings. The van der Waals surface area contributed by atoms with Gasteiger partial charge in [0.1, 0.15) is 17.2 Å². The number of ether oxygens (including phenoxy) is 1. The number of morpholine rings is 1. The summed E-state index contributed by atoms with van der Waals surface area (Å²) in [7, 11) is 0. The van der Waals surface area contributed by atoms with Gasteiger partial charge in [-0.05, 0) is 12.1 Å². The number of oxazole rings is 1. The van der Waals surface area contributed by atoms with Gasteiger partial charge in [0.05, 0.1) is 25.3 Å². The summed E-state index contributed by atoms with van der Waals surface area (Å²) in [6.07, 6.45) is 1.27. The first kappa shape index (κ1) is 16.3. The molecule has 26 heavy (non-hydrogen) atoms. The summed E-state index contributed by atoms with van der Waals surface area (Å²) in [5.41, 5.74) is 1.42. The topological polar surface area (TPSA) is 113 Å². The molecule has 0 unspecified atom stereocenters. The molecule has 1 aliphatic rings. The van der Waals surface area contributed by atoms with Gasteiger partial charge in [-0.15, -0.1) is 0 Å². The number of nitrogens with zero attached hydrogens (tertiary/aromatic N) is 3. The Bertz CT molecular complexity index is 990. The van der Waals surface area contributed by atoms with Crippen molar-refractivity contribution in [1.29, 1.82) is 0 Å². The highest BCUT2D eigenvalue weighted by molar-refractivity contribution is 5.99. The van der Waals surface area contributed by atoms with Gasteiger partial charge >= 0.3 is 0 Å². The van der Waals surface area contributed by atoms with E-state index in [9.17, 15) is 9.59 Å². The molecule has 0 bridgehead atoms. The standard InChI is InChI=1S/C17H17N5O4/c23-15(19-11-2-1-3-12-17(11)18-10-26-12)8-13-20-14(9-16(24)21-13)22-4-6-25-7-5-22/h1-3,9-10H,4-8H2,(H,19,23)(H,20,21,24). The quantitative estimate of drug-likeness (QED) is 0.715. The monoisotopic (exact) mass is 355 g/mol. The van der Waals surface area contributed by atoms with Gasteiger partial charge < -0.3 is 24.4 Å². The number of hydrogen-bond acceptors (Lipinski definition) is 7. The number of aromatic nitrogens is 3. The largest absolute Gasteiger partial charge is 0.443 e. The molecular formula is C17H17N5O4. The number of fused-ring (bicyclic) bond motifs is 1. The van der Waals surface area contributed by atoms with Crippen molar-refractivity contribution in [2.24, 2.45) is 0 Å². The summed E-state index contributed by atoms with van der Waals surface area (Å²) < 4.78 is 10.5. The predicted octanol–water partition coefficient (Wildman–Crippen LogP) is 0.929. The van der Waals surface area contributed by atoms with Gasteiger partial charge in [-0.25, -0.2) is 9.97 Å². The molecule has 1 aromatic carbocycles. The molecule has 0 atom stereocenters. The second-order valence-electron chi connectivity index (χ2n) is 5.88. The molecule has 3 aromatic rings. The summed E-state index contributed by atoms with van der Waals surface area (Å²) in [5, 5.41) is 2.78. The molecule has 1 saturated heterocycles. The van der Waals surface area contributed by atoms with Crippen LogP contribution >= 0.6 is 0 Å². The zero-order chi connectivity index (χ0) is 17.9. The highest BCUT2D eigenvalue weighted by Gasteiger charge is 2.16. The number of para-hydroxylation sites is 1. The highest BCUT2D eigenvalue weighted by Crippen LogP contribution is 2.21. The summed E-state index contributed by atoms with van der Waals surface area (Å²) in [6.45, 7) is 2.50. The van der Waals surface area contributed by atoms with Crippen molar-refractivity contribution in [3.05, 3.63) is 46.8 Å². The Labute approximate surface area is 148 Å². The molecule has 0 radical (unpaired) electrons. The Morgan fingerprint density at radius 2 is 2.15 bits per heavy atom. The number of amides is 1. The lowest BCUT2D eigenvalue weighted by atomic mass is 10.2. The normalized spacial score (nSPS) is 14.5. The van der Waals surface area contributed by atoms with Gasteiger partial charge in [0.2, 0.25) is 5.91 Å². The third-order valence-electron chi connectivity index (χ3n) is 4.07. The molecule has 0 spiro atoms. The lowest BCUT2D eigenvalue weighted by molar-refractivity contribution is -0.115. The van der Waals surface area contributed by atoms with E-state index < -0.39 is 0 Å². The Morgan fingerprint density at radius 1 is 1.31 bits per heavy atom. The summed E-state index contributed by atoms with van der Waals surface area (Å²) in [4.78, 5) is 37.4. The summed E-state index contributed by atoms with van der Waals surface area (Å²) in [5.74, 6) is 0.560. The number of benzene rings is 1. The van der Waals surface area contributed by atoms with Crippen molar-refractivity contribution in [2.45, 2.75) is 6.42 Å². The van der Waals surface area contributed by atoms with E-state index >= 15 is 0 Å². The van der Waals surface area contributed by atoms with E-state index in [1.54, 1.807) is 18.2 Å². The zero-order valence-electron chi connectivity index (χ0n) is 13.9. The molecule has 2 N–H and O–H groups in total. The smallest absolute Gasteiger partial charge is 0.252 e. The first-order valence-electron chi connectivity index (χ1n) is 8.24. The second-order valence-corrected chi connectivity index (χ2v) is 5.88. The van der Waals surface area contributed by atoms with Crippen LogP contribution in [-0.2, 0) is 16.0 Å². The molecule has 9 nitrogen and oxygen atoms in total. The number of rotatable bonds is 4. The van der Waals surface area contributed by atoms with Crippen LogP contribution in [0.2, 0.25) is 0 Å². The van der Waals surface area contributed by atoms with Crippen LogP contribution < -0.4 is 15.8 Å². The third kappa shape index (κ3) is 3.42. The molecule has 9 heteroatoms. The minimum Gasteiger partial charge on any atom is -0.443 e. The molecule has 4 rings (SSSR count). The van der Waals surface area contributed by atoms with E-state index in [0.717, 1.165) is 0 Å². The molecule has 2 aromatic heterocycles. The molecule has 1 amide bonds. The molecule has 1 aliphatic heterocycles. The van der Waals surface area contributed by atoms with Crippen molar-refractivity contribution in [3.63, 3.8) is 0 Å². The summed E-state index contributed by atoms with van der Waals surface area (Å²) >= 11 is 0. The fourth-order valence-electron chi connectivity index (χ4n) is 2.87. The number of anilines is 2. The Morgan fingerprint density at radius 3 is 3.00 bits per heavy atom. The van der Waals surface area contributed by atoms with Crippen LogP contribution in [-0.4, -0.2) is 47.2 Å². The van der Waals surface area contributed by atoms with Gasteiger partial charge in [0, 0.05) is 19.2 Å². The van der Waals surface area contributed by atoms with Gasteiger partial charge in [-0.3, -0.25) is 9.59 Å². The molecule has 0 saturated carbocycles. The van der Waals surface area contributed by atoms with E-state index in [1.165, 1.54) is 12.5 Å². The first-order chi connectivity index (χ1) is 12.7. The minimum atomic E-state index is -0.303. The number of nitrogens with one attached hydrogen (secondary N) is 2. The maximum absolute atomic E-state index is 12.4. The van der Waals surface area contributed by atoms with Crippen molar-refractivity contribution in [2.75, 3.05) is 36.5 Å². The number of hydrogen-bond donors (Lipinski definition) is 2. The van der Waals surface area contributed by atoms with Crippen LogP contribution in [0.3, 0.4) is 0 Å².